The topological polar surface area (TPSA) is 18.8 Å². The molecule has 21 heavy (non-hydrogen) atoms. The normalized spacial score (nSPS) is 15.9. The second kappa shape index (κ2) is 6.31. The van der Waals surface area contributed by atoms with Crippen LogP contribution in [-0.2, 0) is 0 Å². The standard InChI is InChI=1S/C17H21N3S/c1-14-3-5-16(6-4-14)19-8-10-20(11-9-19)18-13-17-15(2)7-12-21-17/h3-7,12-13H,8-11H2,1-2H3. The summed E-state index contributed by atoms with van der Waals surface area (Å²) in [6, 6.07) is 10.9. The number of hydrogen-bond donors (Lipinski definition) is 0. The summed E-state index contributed by atoms with van der Waals surface area (Å²) in [5.41, 5.74) is 3.94. The fraction of sp³-hybridized carbons (Fsp3) is 0.353. The molecule has 0 N–H and O–H groups in total. The summed E-state index contributed by atoms with van der Waals surface area (Å²) in [5.74, 6) is 0. The molecule has 3 nitrogen and oxygen atoms in total. The molecule has 0 unspecified atom stereocenters. The number of nitrogens with zero attached hydrogens (tertiary/aromatic N) is 3. The molecular formula is C17H21N3S. The molecule has 1 aliphatic rings. The van der Waals surface area contributed by atoms with E-state index >= 15 is 0 Å². The Morgan fingerprint density at radius 2 is 1.71 bits per heavy atom. The summed E-state index contributed by atoms with van der Waals surface area (Å²) in [5, 5.41) is 8.91. The van der Waals surface area contributed by atoms with Crippen molar-refractivity contribution in [3.8, 4) is 0 Å². The van der Waals surface area contributed by atoms with Gasteiger partial charge in [-0.3, -0.25) is 5.01 Å². The molecule has 2 aromatic rings. The molecule has 1 saturated heterocycles. The Labute approximate surface area is 130 Å². The van der Waals surface area contributed by atoms with Gasteiger partial charge in [-0.05, 0) is 43.0 Å². The zero-order valence-electron chi connectivity index (χ0n) is 12.6. The third-order valence-corrected chi connectivity index (χ3v) is 4.85. The van der Waals surface area contributed by atoms with Gasteiger partial charge < -0.3 is 4.90 Å². The average Bonchev–Trinajstić information content (AvgIpc) is 2.92. The zero-order chi connectivity index (χ0) is 14.7. The number of hydrazone groups is 1. The van der Waals surface area contributed by atoms with Gasteiger partial charge >= 0.3 is 0 Å². The van der Waals surface area contributed by atoms with Crippen molar-refractivity contribution in [2.45, 2.75) is 13.8 Å². The van der Waals surface area contributed by atoms with Gasteiger partial charge in [-0.2, -0.15) is 5.10 Å². The average molecular weight is 299 g/mol. The van der Waals surface area contributed by atoms with E-state index in [0.29, 0.717) is 0 Å². The van der Waals surface area contributed by atoms with Crippen molar-refractivity contribution in [3.63, 3.8) is 0 Å². The first-order valence-corrected chi connectivity index (χ1v) is 8.25. The fourth-order valence-electron chi connectivity index (χ4n) is 2.48. The Morgan fingerprint density at radius 1 is 1.00 bits per heavy atom. The van der Waals surface area contributed by atoms with Crippen LogP contribution in [0.15, 0.2) is 40.8 Å². The molecule has 1 aromatic carbocycles. The summed E-state index contributed by atoms with van der Waals surface area (Å²) < 4.78 is 0. The third-order valence-electron chi connectivity index (χ3n) is 3.90. The van der Waals surface area contributed by atoms with E-state index in [1.165, 1.54) is 21.7 Å². The minimum atomic E-state index is 0.981. The van der Waals surface area contributed by atoms with Crippen molar-refractivity contribution >= 4 is 23.2 Å². The number of anilines is 1. The van der Waals surface area contributed by atoms with E-state index in [2.05, 4.69) is 64.6 Å². The fourth-order valence-corrected chi connectivity index (χ4v) is 3.26. The SMILES string of the molecule is Cc1ccc(N2CCN(N=Cc3sccc3C)CC2)cc1. The number of piperazine rings is 1. The number of rotatable bonds is 3. The van der Waals surface area contributed by atoms with Crippen LogP contribution in [0.25, 0.3) is 0 Å². The molecule has 1 fully saturated rings. The van der Waals surface area contributed by atoms with Gasteiger partial charge in [0.15, 0.2) is 0 Å². The lowest BCUT2D eigenvalue weighted by molar-refractivity contribution is 0.272. The summed E-state index contributed by atoms with van der Waals surface area (Å²) in [6.45, 7) is 8.29. The van der Waals surface area contributed by atoms with Crippen molar-refractivity contribution in [1.82, 2.24) is 5.01 Å². The van der Waals surface area contributed by atoms with Crippen molar-refractivity contribution in [1.29, 1.82) is 0 Å². The maximum absolute atomic E-state index is 4.62. The Bertz CT molecular complexity index is 607. The van der Waals surface area contributed by atoms with Crippen LogP contribution < -0.4 is 4.90 Å². The lowest BCUT2D eigenvalue weighted by atomic mass is 10.2. The lowest BCUT2D eigenvalue weighted by Gasteiger charge is -2.34. The molecule has 0 radical (unpaired) electrons. The molecule has 0 amide bonds. The van der Waals surface area contributed by atoms with Crippen LogP contribution in [0, 0.1) is 13.8 Å². The van der Waals surface area contributed by atoms with Crippen LogP contribution in [0.5, 0.6) is 0 Å². The summed E-state index contributed by atoms with van der Waals surface area (Å²) in [7, 11) is 0. The van der Waals surface area contributed by atoms with Gasteiger partial charge in [0, 0.05) is 23.7 Å². The van der Waals surface area contributed by atoms with Crippen molar-refractivity contribution in [2.75, 3.05) is 31.1 Å². The van der Waals surface area contributed by atoms with Gasteiger partial charge in [0.25, 0.3) is 0 Å². The monoisotopic (exact) mass is 299 g/mol. The highest BCUT2D eigenvalue weighted by molar-refractivity contribution is 7.11. The van der Waals surface area contributed by atoms with Gasteiger partial charge in [-0.25, -0.2) is 0 Å². The molecule has 0 atom stereocenters. The Balaban J connectivity index is 1.56. The zero-order valence-corrected chi connectivity index (χ0v) is 13.4. The second-order valence-corrected chi connectivity index (χ2v) is 6.44. The van der Waals surface area contributed by atoms with E-state index < -0.39 is 0 Å². The van der Waals surface area contributed by atoms with Gasteiger partial charge in [0.2, 0.25) is 0 Å². The van der Waals surface area contributed by atoms with E-state index in [4.69, 9.17) is 0 Å². The lowest BCUT2D eigenvalue weighted by Crippen LogP contribution is -2.44. The summed E-state index contributed by atoms with van der Waals surface area (Å²) >= 11 is 1.75. The summed E-state index contributed by atoms with van der Waals surface area (Å²) in [6.07, 6.45) is 2.00. The first kappa shape index (κ1) is 14.1. The second-order valence-electron chi connectivity index (χ2n) is 5.49. The quantitative estimate of drug-likeness (QED) is 0.808. The highest BCUT2D eigenvalue weighted by atomic mass is 32.1. The molecule has 1 aromatic heterocycles. The van der Waals surface area contributed by atoms with Gasteiger partial charge in [-0.1, -0.05) is 17.7 Å². The van der Waals surface area contributed by atoms with Crippen LogP contribution in [0.2, 0.25) is 0 Å². The Morgan fingerprint density at radius 3 is 2.33 bits per heavy atom. The van der Waals surface area contributed by atoms with Crippen LogP contribution in [-0.4, -0.2) is 37.4 Å². The van der Waals surface area contributed by atoms with Gasteiger partial charge in [0.1, 0.15) is 0 Å². The first-order valence-electron chi connectivity index (χ1n) is 7.37. The van der Waals surface area contributed by atoms with E-state index in [0.717, 1.165) is 26.2 Å². The minimum Gasteiger partial charge on any atom is -0.368 e. The van der Waals surface area contributed by atoms with E-state index in [1.54, 1.807) is 11.3 Å². The highest BCUT2D eigenvalue weighted by Crippen LogP contribution is 2.17. The third kappa shape index (κ3) is 3.45. The van der Waals surface area contributed by atoms with Gasteiger partial charge in [-0.15, -0.1) is 11.3 Å². The minimum absolute atomic E-state index is 0.981. The highest BCUT2D eigenvalue weighted by Gasteiger charge is 2.15. The van der Waals surface area contributed by atoms with Crippen molar-refractivity contribution < 1.29 is 0 Å². The molecule has 1 aliphatic heterocycles. The first-order chi connectivity index (χ1) is 10.2. The number of hydrogen-bond acceptors (Lipinski definition) is 4. The molecule has 0 spiro atoms. The van der Waals surface area contributed by atoms with Crippen molar-refractivity contribution in [2.24, 2.45) is 5.10 Å². The number of aryl methyl sites for hydroxylation is 2. The van der Waals surface area contributed by atoms with Crippen molar-refractivity contribution in [3.05, 3.63) is 51.7 Å². The molecule has 3 rings (SSSR count). The predicted molar refractivity (Wildman–Crippen MR) is 91.6 cm³/mol. The van der Waals surface area contributed by atoms with Crippen LogP contribution in [0.1, 0.15) is 16.0 Å². The molecule has 110 valence electrons. The van der Waals surface area contributed by atoms with Gasteiger partial charge in [0.05, 0.1) is 19.3 Å². The van der Waals surface area contributed by atoms with E-state index in [9.17, 15) is 0 Å². The molecule has 0 bridgehead atoms. The smallest absolute Gasteiger partial charge is 0.0645 e. The largest absolute Gasteiger partial charge is 0.368 e. The maximum atomic E-state index is 4.62. The predicted octanol–water partition coefficient (Wildman–Crippen LogP) is 3.52. The molecule has 2 heterocycles. The summed E-state index contributed by atoms with van der Waals surface area (Å²) in [4.78, 5) is 3.69. The van der Waals surface area contributed by atoms with Crippen LogP contribution in [0.3, 0.4) is 0 Å². The molecule has 4 heteroatoms. The van der Waals surface area contributed by atoms with Crippen LogP contribution in [0.4, 0.5) is 5.69 Å². The maximum Gasteiger partial charge on any atom is 0.0645 e. The van der Waals surface area contributed by atoms with E-state index in [-0.39, 0.29) is 0 Å². The van der Waals surface area contributed by atoms with E-state index in [1.807, 2.05) is 6.21 Å². The molecular weight excluding hydrogens is 278 g/mol. The Hall–Kier alpha value is -1.81. The number of thiophene rings is 1. The number of benzene rings is 1. The molecule has 0 aliphatic carbocycles. The Kier molecular flexibility index (Phi) is 4.25. The molecule has 0 saturated carbocycles. The van der Waals surface area contributed by atoms with Crippen LogP contribution >= 0.6 is 11.3 Å².